The highest BCUT2D eigenvalue weighted by Crippen LogP contribution is 2.46. The van der Waals surface area contributed by atoms with Crippen molar-refractivity contribution in [1.82, 2.24) is 5.16 Å². The van der Waals surface area contributed by atoms with Gasteiger partial charge < -0.3 is 19.7 Å². The Hall–Kier alpha value is -1.69. The Morgan fingerprint density at radius 1 is 1.37 bits per heavy atom. The van der Waals surface area contributed by atoms with Gasteiger partial charge in [0.25, 0.3) is 0 Å². The van der Waals surface area contributed by atoms with Crippen LogP contribution in [0.3, 0.4) is 0 Å². The minimum absolute atomic E-state index is 0.298. The fraction of sp³-hybridized carbons (Fsp3) is 0.308. The summed E-state index contributed by atoms with van der Waals surface area (Å²) in [7, 11) is 0. The molecule has 0 bridgehead atoms. The molecule has 2 N–H and O–H groups in total. The molecule has 0 unspecified atom stereocenters. The fourth-order valence-electron chi connectivity index (χ4n) is 2.28. The highest BCUT2D eigenvalue weighted by Gasteiger charge is 2.24. The Labute approximate surface area is 118 Å². The highest BCUT2D eigenvalue weighted by molar-refractivity contribution is 9.10. The van der Waals surface area contributed by atoms with Crippen LogP contribution < -0.4 is 15.2 Å². The molecule has 0 fully saturated rings. The van der Waals surface area contributed by atoms with E-state index in [2.05, 4.69) is 28.0 Å². The molecule has 6 heteroatoms. The highest BCUT2D eigenvalue weighted by atomic mass is 79.9. The van der Waals surface area contributed by atoms with Crippen LogP contribution in [0.15, 0.2) is 21.3 Å². The van der Waals surface area contributed by atoms with E-state index in [1.54, 1.807) is 6.20 Å². The third-order valence-electron chi connectivity index (χ3n) is 3.10. The minimum Gasteiger partial charge on any atom is -0.486 e. The van der Waals surface area contributed by atoms with Crippen molar-refractivity contribution in [3.63, 3.8) is 0 Å². The number of hydrogen-bond acceptors (Lipinski definition) is 5. The van der Waals surface area contributed by atoms with Crippen LogP contribution in [0.4, 0.5) is 5.88 Å². The fourth-order valence-corrected chi connectivity index (χ4v) is 2.95. The molecule has 2 aromatic rings. The van der Waals surface area contributed by atoms with Crippen LogP contribution in [-0.4, -0.2) is 18.4 Å². The second kappa shape index (κ2) is 4.77. The van der Waals surface area contributed by atoms with Gasteiger partial charge in [0, 0.05) is 15.6 Å². The van der Waals surface area contributed by atoms with Crippen molar-refractivity contribution >= 4 is 21.8 Å². The van der Waals surface area contributed by atoms with Gasteiger partial charge in [-0.1, -0.05) is 12.1 Å². The van der Waals surface area contributed by atoms with Crippen molar-refractivity contribution in [2.45, 2.75) is 13.3 Å². The maximum absolute atomic E-state index is 5.82. The summed E-state index contributed by atoms with van der Waals surface area (Å²) >= 11 is 3.56. The average molecular weight is 325 g/mol. The second-order valence-electron chi connectivity index (χ2n) is 4.19. The van der Waals surface area contributed by atoms with Gasteiger partial charge in [-0.2, -0.15) is 0 Å². The molecule has 19 heavy (non-hydrogen) atoms. The predicted octanol–water partition coefficient (Wildman–Crippen LogP) is 3.02. The van der Waals surface area contributed by atoms with Gasteiger partial charge >= 0.3 is 0 Å². The summed E-state index contributed by atoms with van der Waals surface area (Å²) in [4.78, 5) is 0. The van der Waals surface area contributed by atoms with Crippen LogP contribution in [-0.2, 0) is 6.42 Å². The average Bonchev–Trinajstić information content (AvgIpc) is 2.83. The van der Waals surface area contributed by atoms with Crippen LogP contribution in [0, 0.1) is 0 Å². The van der Waals surface area contributed by atoms with Crippen molar-refractivity contribution in [2.75, 3.05) is 18.9 Å². The van der Waals surface area contributed by atoms with Crippen molar-refractivity contribution in [2.24, 2.45) is 0 Å². The Bertz CT molecular complexity index is 625. The maximum atomic E-state index is 5.82. The number of aromatic nitrogens is 1. The normalized spacial score (nSPS) is 13.6. The van der Waals surface area contributed by atoms with Crippen LogP contribution >= 0.6 is 15.9 Å². The number of fused-ring (bicyclic) bond motifs is 1. The van der Waals surface area contributed by atoms with Crippen molar-refractivity contribution in [1.29, 1.82) is 0 Å². The van der Waals surface area contributed by atoms with Gasteiger partial charge in [0.15, 0.2) is 11.5 Å². The zero-order chi connectivity index (χ0) is 13.4. The van der Waals surface area contributed by atoms with Crippen molar-refractivity contribution in [3.05, 3.63) is 22.3 Å². The summed E-state index contributed by atoms with van der Waals surface area (Å²) in [6, 6.07) is 1.90. The maximum Gasteiger partial charge on any atom is 0.230 e. The molecule has 0 saturated carbocycles. The van der Waals surface area contributed by atoms with Crippen LogP contribution in [0.25, 0.3) is 11.1 Å². The number of rotatable bonds is 2. The number of nitrogen functional groups attached to an aromatic ring is 1. The number of anilines is 1. The Balaban J connectivity index is 2.27. The monoisotopic (exact) mass is 324 g/mol. The molecule has 1 aromatic heterocycles. The van der Waals surface area contributed by atoms with E-state index in [0.29, 0.717) is 19.1 Å². The first kappa shape index (κ1) is 12.3. The summed E-state index contributed by atoms with van der Waals surface area (Å²) in [5.74, 6) is 1.84. The standard InChI is InChI=1S/C13H13BrN2O3/c1-2-7-11(8-6-16-19-13(8)15)9(14)5-10-12(7)18-4-3-17-10/h5-6H,2-4,15H2,1H3. The lowest BCUT2D eigenvalue weighted by atomic mass is 9.98. The topological polar surface area (TPSA) is 70.5 Å². The van der Waals surface area contributed by atoms with E-state index >= 15 is 0 Å². The van der Waals surface area contributed by atoms with Crippen LogP contribution in [0.1, 0.15) is 12.5 Å². The van der Waals surface area contributed by atoms with Gasteiger partial charge in [0.1, 0.15) is 13.2 Å². The molecule has 0 radical (unpaired) electrons. The van der Waals surface area contributed by atoms with Gasteiger partial charge in [-0.3, -0.25) is 0 Å². The molecule has 0 amide bonds. The van der Waals surface area contributed by atoms with Crippen LogP contribution in [0.2, 0.25) is 0 Å². The molecule has 0 saturated heterocycles. The lowest BCUT2D eigenvalue weighted by molar-refractivity contribution is 0.170. The third-order valence-corrected chi connectivity index (χ3v) is 3.73. The molecule has 0 spiro atoms. The first-order valence-electron chi connectivity index (χ1n) is 6.03. The molecule has 1 aliphatic heterocycles. The smallest absolute Gasteiger partial charge is 0.230 e. The summed E-state index contributed by atoms with van der Waals surface area (Å²) in [5, 5.41) is 3.73. The molecule has 5 nitrogen and oxygen atoms in total. The number of ether oxygens (including phenoxy) is 2. The van der Waals surface area contributed by atoms with E-state index in [0.717, 1.165) is 39.1 Å². The third kappa shape index (κ3) is 1.96. The Kier molecular flexibility index (Phi) is 3.10. The zero-order valence-corrected chi connectivity index (χ0v) is 12.0. The number of hydrogen-bond donors (Lipinski definition) is 1. The molecule has 0 atom stereocenters. The number of halogens is 1. The lowest BCUT2D eigenvalue weighted by Crippen LogP contribution is -2.17. The summed E-state index contributed by atoms with van der Waals surface area (Å²) in [6.45, 7) is 3.19. The van der Waals surface area contributed by atoms with Gasteiger partial charge in [0.2, 0.25) is 5.88 Å². The van der Waals surface area contributed by atoms with Gasteiger partial charge in [-0.25, -0.2) is 0 Å². The number of nitrogens with two attached hydrogens (primary N) is 1. The van der Waals surface area contributed by atoms with Crippen molar-refractivity contribution in [3.8, 4) is 22.6 Å². The molecule has 2 heterocycles. The van der Waals surface area contributed by atoms with E-state index in [4.69, 9.17) is 19.7 Å². The molecular formula is C13H13BrN2O3. The van der Waals surface area contributed by atoms with E-state index in [1.165, 1.54) is 0 Å². The molecule has 1 aromatic carbocycles. The summed E-state index contributed by atoms with van der Waals surface area (Å²) < 4.78 is 17.2. The molecule has 1 aliphatic rings. The molecule has 100 valence electrons. The van der Waals surface area contributed by atoms with E-state index in [1.807, 2.05) is 6.07 Å². The van der Waals surface area contributed by atoms with Gasteiger partial charge in [0.05, 0.1) is 11.8 Å². The van der Waals surface area contributed by atoms with Crippen molar-refractivity contribution < 1.29 is 14.0 Å². The van der Waals surface area contributed by atoms with Gasteiger partial charge in [-0.05, 0) is 28.4 Å². The first-order chi connectivity index (χ1) is 9.22. The van der Waals surface area contributed by atoms with Gasteiger partial charge in [-0.15, -0.1) is 0 Å². The molecule has 0 aliphatic carbocycles. The molecule has 3 rings (SSSR count). The largest absolute Gasteiger partial charge is 0.486 e. The number of benzene rings is 1. The summed E-state index contributed by atoms with van der Waals surface area (Å²) in [5.41, 5.74) is 8.57. The molecular weight excluding hydrogens is 312 g/mol. The summed E-state index contributed by atoms with van der Waals surface area (Å²) in [6.07, 6.45) is 2.41. The Morgan fingerprint density at radius 3 is 2.84 bits per heavy atom. The Morgan fingerprint density at radius 2 is 2.16 bits per heavy atom. The van der Waals surface area contributed by atoms with Crippen LogP contribution in [0.5, 0.6) is 11.5 Å². The van der Waals surface area contributed by atoms with E-state index in [9.17, 15) is 0 Å². The zero-order valence-electron chi connectivity index (χ0n) is 10.4. The predicted molar refractivity (Wildman–Crippen MR) is 74.4 cm³/mol. The number of nitrogens with zero attached hydrogens (tertiary/aromatic N) is 1. The minimum atomic E-state index is 0.298. The van der Waals surface area contributed by atoms with E-state index in [-0.39, 0.29) is 0 Å². The lowest BCUT2D eigenvalue weighted by Gasteiger charge is -2.23. The first-order valence-corrected chi connectivity index (χ1v) is 6.83. The van der Waals surface area contributed by atoms with E-state index < -0.39 is 0 Å². The SMILES string of the molecule is CCc1c2c(cc(Br)c1-c1cnoc1N)OCCO2. The second-order valence-corrected chi connectivity index (χ2v) is 5.05. The quantitative estimate of drug-likeness (QED) is 0.919.